The molecular weight excluding hydrogens is 456 g/mol. The Balaban J connectivity index is 1.19. The van der Waals surface area contributed by atoms with Gasteiger partial charge in [-0.05, 0) is 87.5 Å². The highest BCUT2D eigenvalue weighted by Crippen LogP contribution is 2.67. The van der Waals surface area contributed by atoms with Crippen LogP contribution in [0, 0.1) is 28.6 Å². The molecule has 4 aliphatic carbocycles. The first-order valence-corrected chi connectivity index (χ1v) is 13.5. The number of Topliss-reactive ketones (excluding diaryl/α,β-unsaturated/α-hetero) is 1. The number of oxime groups is 1. The van der Waals surface area contributed by atoms with Crippen LogP contribution in [0.3, 0.4) is 0 Å². The molecule has 0 saturated heterocycles. The van der Waals surface area contributed by atoms with Crippen molar-refractivity contribution >= 4 is 17.4 Å². The second-order valence-corrected chi connectivity index (χ2v) is 11.9. The molecule has 0 unspecified atom stereocenters. The van der Waals surface area contributed by atoms with Gasteiger partial charge in [0.2, 0.25) is 0 Å². The van der Waals surface area contributed by atoms with Gasteiger partial charge in [-0.15, -0.1) is 0 Å². The van der Waals surface area contributed by atoms with Gasteiger partial charge in [0.05, 0.1) is 12.0 Å². The highest BCUT2D eigenvalue weighted by atomic mass is 16.6. The summed E-state index contributed by atoms with van der Waals surface area (Å²) in [5.41, 5.74) is 2.02. The lowest BCUT2D eigenvalue weighted by atomic mass is 9.46. The molecule has 0 bridgehead atoms. The number of hydrogen-bond acceptors (Lipinski definition) is 6. The van der Waals surface area contributed by atoms with E-state index < -0.39 is 5.60 Å². The number of carbonyl (C=O) groups excluding carboxylic acids is 2. The molecule has 0 spiro atoms. The van der Waals surface area contributed by atoms with E-state index in [-0.39, 0.29) is 29.1 Å². The molecule has 4 aliphatic rings. The van der Waals surface area contributed by atoms with Crippen molar-refractivity contribution in [2.24, 2.45) is 33.7 Å². The SMILES string of the molecule is CC(=O)[C@@]1(O)CC[C@@H]2[C@H]3CCC4=CC(=NOCC(=O)NCCc5cnc[nH]5)CC[C@]4(C)[C@H]3CC[C@@]21C. The van der Waals surface area contributed by atoms with Crippen LogP contribution in [-0.2, 0) is 20.8 Å². The topological polar surface area (TPSA) is 117 Å². The molecule has 36 heavy (non-hydrogen) atoms. The number of H-pyrrole nitrogens is 1. The summed E-state index contributed by atoms with van der Waals surface area (Å²) in [6.45, 7) is 6.59. The van der Waals surface area contributed by atoms with E-state index in [1.165, 1.54) is 5.57 Å². The van der Waals surface area contributed by atoms with Crippen LogP contribution < -0.4 is 5.32 Å². The van der Waals surface area contributed by atoms with Gasteiger partial charge in [0.1, 0.15) is 5.60 Å². The van der Waals surface area contributed by atoms with E-state index >= 15 is 0 Å². The molecule has 1 amide bonds. The minimum absolute atomic E-state index is 0.0569. The van der Waals surface area contributed by atoms with Crippen molar-refractivity contribution in [3.8, 4) is 0 Å². The second-order valence-electron chi connectivity index (χ2n) is 11.9. The van der Waals surface area contributed by atoms with Crippen molar-refractivity contribution in [2.75, 3.05) is 13.2 Å². The van der Waals surface area contributed by atoms with Gasteiger partial charge in [-0.1, -0.05) is 24.6 Å². The Bertz CT molecular complexity index is 1070. The fourth-order valence-electron chi connectivity index (χ4n) is 8.22. The van der Waals surface area contributed by atoms with Crippen LogP contribution in [0.15, 0.2) is 29.3 Å². The van der Waals surface area contributed by atoms with E-state index in [4.69, 9.17) is 4.84 Å². The molecule has 0 radical (unpaired) electrons. The van der Waals surface area contributed by atoms with Crippen LogP contribution in [0.5, 0.6) is 0 Å². The minimum Gasteiger partial charge on any atom is -0.385 e. The zero-order valence-electron chi connectivity index (χ0n) is 21.8. The molecule has 1 aromatic heterocycles. The number of imidazole rings is 1. The van der Waals surface area contributed by atoms with E-state index in [1.807, 2.05) is 0 Å². The molecule has 3 saturated carbocycles. The number of aromatic nitrogens is 2. The van der Waals surface area contributed by atoms with E-state index in [0.29, 0.717) is 37.1 Å². The van der Waals surface area contributed by atoms with Gasteiger partial charge in [-0.3, -0.25) is 9.59 Å². The van der Waals surface area contributed by atoms with Crippen LogP contribution in [0.25, 0.3) is 0 Å². The molecule has 8 heteroatoms. The lowest BCUT2D eigenvalue weighted by molar-refractivity contribution is -0.159. The first kappa shape index (κ1) is 25.2. The summed E-state index contributed by atoms with van der Waals surface area (Å²) in [6.07, 6.45) is 13.8. The third-order valence-corrected chi connectivity index (χ3v) is 10.4. The molecular formula is C28H40N4O4. The highest BCUT2D eigenvalue weighted by molar-refractivity contribution is 5.96. The maximum atomic E-state index is 12.4. The fraction of sp³-hybridized carbons (Fsp3) is 0.714. The average Bonchev–Trinajstić information content (AvgIpc) is 3.46. The number of rotatable bonds is 7. The van der Waals surface area contributed by atoms with Crippen molar-refractivity contribution in [1.82, 2.24) is 15.3 Å². The number of ketones is 1. The second kappa shape index (κ2) is 9.43. The van der Waals surface area contributed by atoms with E-state index in [9.17, 15) is 14.7 Å². The summed E-state index contributed by atoms with van der Waals surface area (Å²) in [5, 5.41) is 18.5. The Morgan fingerprint density at radius 1 is 1.19 bits per heavy atom. The van der Waals surface area contributed by atoms with Gasteiger partial charge in [-0.25, -0.2) is 4.98 Å². The maximum absolute atomic E-state index is 12.4. The smallest absolute Gasteiger partial charge is 0.260 e. The minimum atomic E-state index is -1.16. The highest BCUT2D eigenvalue weighted by Gasteiger charge is 2.65. The number of hydrogen-bond donors (Lipinski definition) is 3. The van der Waals surface area contributed by atoms with Crippen molar-refractivity contribution in [2.45, 2.75) is 84.2 Å². The van der Waals surface area contributed by atoms with Gasteiger partial charge < -0.3 is 20.2 Å². The lowest BCUT2D eigenvalue weighted by Gasteiger charge is -2.59. The van der Waals surface area contributed by atoms with Crippen LogP contribution in [0.4, 0.5) is 0 Å². The Labute approximate surface area is 213 Å². The zero-order valence-corrected chi connectivity index (χ0v) is 21.8. The summed E-state index contributed by atoms with van der Waals surface area (Å²) >= 11 is 0. The Hall–Kier alpha value is -2.48. The largest absolute Gasteiger partial charge is 0.385 e. The van der Waals surface area contributed by atoms with Gasteiger partial charge in [0.15, 0.2) is 12.4 Å². The molecule has 3 fully saturated rings. The number of amides is 1. The van der Waals surface area contributed by atoms with Crippen molar-refractivity contribution < 1.29 is 19.5 Å². The van der Waals surface area contributed by atoms with Gasteiger partial charge in [0.25, 0.3) is 5.91 Å². The van der Waals surface area contributed by atoms with Gasteiger partial charge in [0, 0.05) is 30.3 Å². The molecule has 1 aromatic rings. The normalized spacial score (nSPS) is 38.5. The van der Waals surface area contributed by atoms with Crippen LogP contribution in [0.1, 0.15) is 77.8 Å². The van der Waals surface area contributed by atoms with Crippen LogP contribution in [-0.4, -0.2) is 51.2 Å². The summed E-state index contributed by atoms with van der Waals surface area (Å²) in [5.74, 6) is 1.31. The third kappa shape index (κ3) is 4.11. The molecule has 6 atom stereocenters. The molecule has 8 nitrogen and oxygen atoms in total. The van der Waals surface area contributed by atoms with Crippen molar-refractivity contribution in [3.63, 3.8) is 0 Å². The van der Waals surface area contributed by atoms with Gasteiger partial charge in [-0.2, -0.15) is 0 Å². The number of fused-ring (bicyclic) bond motifs is 5. The molecule has 0 aromatic carbocycles. The molecule has 5 rings (SSSR count). The average molecular weight is 497 g/mol. The summed E-state index contributed by atoms with van der Waals surface area (Å²) in [4.78, 5) is 36.9. The quantitative estimate of drug-likeness (QED) is 0.498. The number of nitrogens with one attached hydrogen (secondary N) is 2. The van der Waals surface area contributed by atoms with Crippen LogP contribution >= 0.6 is 0 Å². The standard InChI is InChI=1S/C28H40N4O4/c1-18(33)28(35)12-8-24-22-5-4-19-14-20(6-10-26(19,2)23(22)7-11-27(24,28)3)32-36-16-25(34)30-13-9-21-15-29-17-31-21/h14-15,17,22-24,35H,4-13,16H2,1-3H3,(H,29,31)(H,30,34)/t22-,23-,24+,26-,27-,28-/m0/s1. The first-order chi connectivity index (χ1) is 17.2. The number of aliphatic hydroxyl groups is 1. The van der Waals surface area contributed by atoms with E-state index in [1.54, 1.807) is 19.4 Å². The Kier molecular flexibility index (Phi) is 6.60. The predicted octanol–water partition coefficient (Wildman–Crippen LogP) is 3.72. The van der Waals surface area contributed by atoms with Crippen LogP contribution in [0.2, 0.25) is 0 Å². The number of allylic oxidation sites excluding steroid dienone is 2. The van der Waals surface area contributed by atoms with Crippen molar-refractivity contribution in [3.05, 3.63) is 29.9 Å². The maximum Gasteiger partial charge on any atom is 0.260 e. The molecule has 196 valence electrons. The Morgan fingerprint density at radius 3 is 2.75 bits per heavy atom. The van der Waals surface area contributed by atoms with E-state index in [0.717, 1.165) is 56.4 Å². The Morgan fingerprint density at radius 2 is 2.00 bits per heavy atom. The summed E-state index contributed by atoms with van der Waals surface area (Å²) < 4.78 is 0. The number of nitrogens with zero attached hydrogens (tertiary/aromatic N) is 2. The molecule has 0 aliphatic heterocycles. The van der Waals surface area contributed by atoms with E-state index in [2.05, 4.69) is 40.4 Å². The summed E-state index contributed by atoms with van der Waals surface area (Å²) in [6, 6.07) is 0. The molecule has 1 heterocycles. The first-order valence-electron chi connectivity index (χ1n) is 13.5. The number of carbonyl (C=O) groups is 2. The predicted molar refractivity (Wildman–Crippen MR) is 136 cm³/mol. The molecule has 3 N–H and O–H groups in total. The third-order valence-electron chi connectivity index (χ3n) is 10.4. The monoisotopic (exact) mass is 496 g/mol. The van der Waals surface area contributed by atoms with Gasteiger partial charge >= 0.3 is 0 Å². The lowest BCUT2D eigenvalue weighted by Crippen LogP contribution is -2.57. The summed E-state index contributed by atoms with van der Waals surface area (Å²) in [7, 11) is 0. The number of aromatic amines is 1. The zero-order chi connectivity index (χ0) is 25.6. The van der Waals surface area contributed by atoms with Crippen molar-refractivity contribution in [1.29, 1.82) is 0 Å². The fourth-order valence-corrected chi connectivity index (χ4v) is 8.22.